The Bertz CT molecular complexity index is 107. The number of carbonyl (C=O) groups excluding carboxylic acids is 1. The molecule has 0 aromatic heterocycles. The summed E-state index contributed by atoms with van der Waals surface area (Å²) >= 11 is 0. The Morgan fingerprint density at radius 1 is 1.78 bits per heavy atom. The number of carbonyl (C=O) groups is 1. The van der Waals surface area contributed by atoms with Gasteiger partial charge in [0.2, 0.25) is 0 Å². The first kappa shape index (κ1) is 8.01. The summed E-state index contributed by atoms with van der Waals surface area (Å²) in [4.78, 5) is 10.4. The van der Waals surface area contributed by atoms with Crippen molar-refractivity contribution in [3.05, 3.63) is 12.3 Å². The smallest absolute Gasteiger partial charge is 0.309 e. The first-order valence-electron chi connectivity index (χ1n) is 2.76. The minimum atomic E-state index is -0.317. The van der Waals surface area contributed by atoms with Crippen molar-refractivity contribution in [1.82, 2.24) is 0 Å². The van der Waals surface area contributed by atoms with Gasteiger partial charge in [-0.1, -0.05) is 0 Å². The third-order valence-corrected chi connectivity index (χ3v) is 0.695. The van der Waals surface area contributed by atoms with E-state index in [9.17, 15) is 4.79 Å². The normalized spacial score (nSPS) is 9.89. The first-order chi connectivity index (χ1) is 4.31. The van der Waals surface area contributed by atoms with E-state index in [0.29, 0.717) is 6.61 Å². The molecule has 0 unspecified atom stereocenters. The van der Waals surface area contributed by atoms with Crippen molar-refractivity contribution in [3.63, 3.8) is 0 Å². The monoisotopic (exact) mass is 130 g/mol. The molecule has 0 aromatic rings. The lowest BCUT2D eigenvalue weighted by atomic mass is 10.4. The van der Waals surface area contributed by atoms with Crippen LogP contribution in [0.2, 0.25) is 0 Å². The van der Waals surface area contributed by atoms with Crippen LogP contribution in [-0.4, -0.2) is 17.7 Å². The zero-order valence-corrected chi connectivity index (χ0v) is 5.33. The minimum absolute atomic E-state index is 0.143. The molecule has 0 atom stereocenters. The summed E-state index contributed by atoms with van der Waals surface area (Å²) in [6.45, 7) is 2.12. The van der Waals surface area contributed by atoms with Gasteiger partial charge in [-0.25, -0.2) is 0 Å². The Hall–Kier alpha value is -0.990. The molecule has 1 N–H and O–H groups in total. The number of esters is 1. The predicted molar refractivity (Wildman–Crippen MR) is 33.0 cm³/mol. The van der Waals surface area contributed by atoms with Crippen LogP contribution in [0.5, 0.6) is 0 Å². The quantitative estimate of drug-likeness (QED) is 0.458. The number of ether oxygens (including phenoxy) is 1. The number of aliphatic hydroxyl groups excluding tert-OH is 1. The lowest BCUT2D eigenvalue weighted by Crippen LogP contribution is -2.01. The van der Waals surface area contributed by atoms with Crippen molar-refractivity contribution < 1.29 is 14.6 Å². The molecule has 0 saturated carbocycles. The number of hydrogen-bond donors (Lipinski definition) is 1. The van der Waals surface area contributed by atoms with Crippen LogP contribution in [0.3, 0.4) is 0 Å². The molecule has 0 aliphatic carbocycles. The number of hydrogen-bond acceptors (Lipinski definition) is 3. The van der Waals surface area contributed by atoms with Gasteiger partial charge in [-0.3, -0.25) is 4.79 Å². The van der Waals surface area contributed by atoms with Gasteiger partial charge >= 0.3 is 5.97 Å². The van der Waals surface area contributed by atoms with Crippen molar-refractivity contribution in [2.45, 2.75) is 13.3 Å². The molecule has 0 fully saturated rings. The second-order valence-corrected chi connectivity index (χ2v) is 1.39. The standard InChI is InChI=1S/C6H10O3/c1-2-9-6(8)4-3-5-7/h3,5,7H,2,4H2,1H3. The molecular formula is C6H10O3. The minimum Gasteiger partial charge on any atom is -0.516 e. The van der Waals surface area contributed by atoms with Crippen molar-refractivity contribution in [2.75, 3.05) is 6.61 Å². The van der Waals surface area contributed by atoms with E-state index in [4.69, 9.17) is 5.11 Å². The van der Waals surface area contributed by atoms with Gasteiger partial charge in [-0.05, 0) is 13.0 Å². The van der Waals surface area contributed by atoms with Gasteiger partial charge in [-0.2, -0.15) is 0 Å². The number of rotatable bonds is 3. The SMILES string of the molecule is CCOC(=O)CC=CO. The summed E-state index contributed by atoms with van der Waals surface area (Å²) in [6.07, 6.45) is 2.30. The summed E-state index contributed by atoms with van der Waals surface area (Å²) in [5, 5.41) is 8.10. The van der Waals surface area contributed by atoms with Crippen LogP contribution < -0.4 is 0 Å². The van der Waals surface area contributed by atoms with Crippen molar-refractivity contribution in [1.29, 1.82) is 0 Å². The van der Waals surface area contributed by atoms with E-state index in [-0.39, 0.29) is 12.4 Å². The van der Waals surface area contributed by atoms with E-state index in [1.54, 1.807) is 6.92 Å². The molecule has 3 heteroatoms. The molecular weight excluding hydrogens is 120 g/mol. The molecule has 0 rings (SSSR count). The summed E-state index contributed by atoms with van der Waals surface area (Å²) in [7, 11) is 0. The van der Waals surface area contributed by atoms with E-state index in [0.717, 1.165) is 6.26 Å². The Morgan fingerprint density at radius 3 is 2.89 bits per heavy atom. The van der Waals surface area contributed by atoms with Gasteiger partial charge in [0.15, 0.2) is 0 Å². The summed E-state index contributed by atoms with van der Waals surface area (Å²) < 4.78 is 4.54. The van der Waals surface area contributed by atoms with E-state index in [1.165, 1.54) is 6.08 Å². The molecule has 0 bridgehead atoms. The van der Waals surface area contributed by atoms with Crippen molar-refractivity contribution >= 4 is 5.97 Å². The van der Waals surface area contributed by atoms with E-state index in [1.807, 2.05) is 0 Å². The van der Waals surface area contributed by atoms with Crippen LogP contribution in [0.4, 0.5) is 0 Å². The Morgan fingerprint density at radius 2 is 2.44 bits per heavy atom. The Kier molecular flexibility index (Phi) is 4.59. The molecule has 0 aliphatic heterocycles. The van der Waals surface area contributed by atoms with Gasteiger partial charge in [0.25, 0.3) is 0 Å². The Labute approximate surface area is 53.9 Å². The highest BCUT2D eigenvalue weighted by Crippen LogP contribution is 1.86. The highest BCUT2D eigenvalue weighted by molar-refractivity contribution is 5.70. The molecule has 3 nitrogen and oxygen atoms in total. The first-order valence-corrected chi connectivity index (χ1v) is 2.76. The van der Waals surface area contributed by atoms with Crippen molar-refractivity contribution in [3.8, 4) is 0 Å². The lowest BCUT2D eigenvalue weighted by Gasteiger charge is -1.94. The fraction of sp³-hybridized carbons (Fsp3) is 0.500. The van der Waals surface area contributed by atoms with Crippen LogP contribution in [-0.2, 0) is 9.53 Å². The van der Waals surface area contributed by atoms with Gasteiger partial charge < -0.3 is 9.84 Å². The van der Waals surface area contributed by atoms with E-state index in [2.05, 4.69) is 4.74 Å². The maximum Gasteiger partial charge on any atom is 0.309 e. The third-order valence-electron chi connectivity index (χ3n) is 0.695. The van der Waals surface area contributed by atoms with Gasteiger partial charge in [0.1, 0.15) is 0 Å². The Balaban J connectivity index is 3.27. The molecule has 9 heavy (non-hydrogen) atoms. The molecule has 0 heterocycles. The fourth-order valence-corrected chi connectivity index (χ4v) is 0.369. The average molecular weight is 130 g/mol. The maximum absolute atomic E-state index is 10.4. The maximum atomic E-state index is 10.4. The topological polar surface area (TPSA) is 46.5 Å². The van der Waals surface area contributed by atoms with Gasteiger partial charge in [-0.15, -0.1) is 0 Å². The summed E-state index contributed by atoms with van der Waals surface area (Å²) in [5.41, 5.74) is 0. The molecule has 0 aromatic carbocycles. The lowest BCUT2D eigenvalue weighted by molar-refractivity contribution is -0.142. The second kappa shape index (κ2) is 5.15. The predicted octanol–water partition coefficient (Wildman–Crippen LogP) is 1.01. The molecule has 0 amide bonds. The van der Waals surface area contributed by atoms with Crippen molar-refractivity contribution in [2.24, 2.45) is 0 Å². The van der Waals surface area contributed by atoms with Gasteiger partial charge in [0, 0.05) is 0 Å². The molecule has 0 aliphatic rings. The van der Waals surface area contributed by atoms with Crippen LogP contribution in [0.15, 0.2) is 12.3 Å². The molecule has 0 spiro atoms. The van der Waals surface area contributed by atoms with Crippen LogP contribution in [0, 0.1) is 0 Å². The summed E-state index contributed by atoms with van der Waals surface area (Å²) in [6, 6.07) is 0. The third kappa shape index (κ3) is 4.87. The fourth-order valence-electron chi connectivity index (χ4n) is 0.369. The molecule has 52 valence electrons. The van der Waals surface area contributed by atoms with Gasteiger partial charge in [0.05, 0.1) is 19.3 Å². The largest absolute Gasteiger partial charge is 0.516 e. The average Bonchev–Trinajstić information content (AvgIpc) is 1.85. The zero-order valence-electron chi connectivity index (χ0n) is 5.33. The van der Waals surface area contributed by atoms with Crippen LogP contribution >= 0.6 is 0 Å². The highest BCUT2D eigenvalue weighted by Gasteiger charge is 1.94. The van der Waals surface area contributed by atoms with Crippen LogP contribution in [0.25, 0.3) is 0 Å². The van der Waals surface area contributed by atoms with E-state index >= 15 is 0 Å². The highest BCUT2D eigenvalue weighted by atomic mass is 16.5. The molecule has 0 radical (unpaired) electrons. The van der Waals surface area contributed by atoms with Crippen LogP contribution in [0.1, 0.15) is 13.3 Å². The summed E-state index contributed by atoms with van der Waals surface area (Å²) in [5.74, 6) is -0.317. The van der Waals surface area contributed by atoms with E-state index < -0.39 is 0 Å². The molecule has 0 saturated heterocycles. The zero-order chi connectivity index (χ0) is 7.11. The number of aliphatic hydroxyl groups is 1. The second-order valence-electron chi connectivity index (χ2n) is 1.39.